The first kappa shape index (κ1) is 42.4. The summed E-state index contributed by atoms with van der Waals surface area (Å²) in [4.78, 5) is 42.6. The summed E-state index contributed by atoms with van der Waals surface area (Å²) < 4.78 is 41.7. The van der Waals surface area contributed by atoms with Gasteiger partial charge in [0.1, 0.15) is 17.1 Å². The minimum atomic E-state index is -4.41. The van der Waals surface area contributed by atoms with Gasteiger partial charge in [-0.1, -0.05) is 35.9 Å². The van der Waals surface area contributed by atoms with Gasteiger partial charge in [0.25, 0.3) is 11.8 Å². The molecule has 2 atom stereocenters. The van der Waals surface area contributed by atoms with Crippen LogP contribution in [0.15, 0.2) is 97.6 Å². The number of hydrogen-bond donors (Lipinski definition) is 4. The van der Waals surface area contributed by atoms with E-state index in [4.69, 9.17) is 16.3 Å². The van der Waals surface area contributed by atoms with Crippen molar-refractivity contribution in [3.05, 3.63) is 114 Å². The van der Waals surface area contributed by atoms with Gasteiger partial charge < -0.3 is 25.6 Å². The van der Waals surface area contributed by atoms with Crippen LogP contribution < -0.4 is 15.4 Å². The molecule has 4 aromatic heterocycles. The molecule has 6 rings (SSSR count). The molecule has 0 saturated carbocycles. The Kier molecular flexibility index (Phi) is 12.8. The number of halogens is 4. The summed E-state index contributed by atoms with van der Waals surface area (Å²) in [6.07, 6.45) is 2.19. The lowest BCUT2D eigenvalue weighted by atomic mass is 10.0. The molecular formula is C42H42ClF3N6O5. The van der Waals surface area contributed by atoms with E-state index in [-0.39, 0.29) is 23.0 Å². The number of pyridine rings is 4. The molecule has 57 heavy (non-hydrogen) atoms. The first-order valence-electron chi connectivity index (χ1n) is 17.8. The van der Waals surface area contributed by atoms with E-state index < -0.39 is 42.0 Å². The normalized spacial score (nSPS) is 13.0. The highest BCUT2D eigenvalue weighted by Gasteiger charge is 2.29. The van der Waals surface area contributed by atoms with Crippen molar-refractivity contribution in [2.24, 2.45) is 0 Å². The molecule has 0 radical (unpaired) electrons. The molecule has 0 aliphatic carbocycles. The van der Waals surface area contributed by atoms with E-state index in [2.05, 4.69) is 30.6 Å². The zero-order valence-corrected chi connectivity index (χ0v) is 32.8. The number of amides is 2. The van der Waals surface area contributed by atoms with E-state index in [1.807, 2.05) is 18.2 Å². The summed E-state index contributed by atoms with van der Waals surface area (Å²) in [6.45, 7) is 8.56. The molecule has 0 spiro atoms. The van der Waals surface area contributed by atoms with Crippen LogP contribution in [-0.4, -0.2) is 78.0 Å². The fourth-order valence-corrected chi connectivity index (χ4v) is 5.31. The second kappa shape index (κ2) is 17.2. The van der Waals surface area contributed by atoms with E-state index in [0.717, 1.165) is 16.5 Å². The molecule has 2 amide bonds. The van der Waals surface area contributed by atoms with Gasteiger partial charge in [0.15, 0.2) is 6.61 Å². The molecule has 0 aliphatic rings. The number of hydrogen-bond acceptors (Lipinski definition) is 9. The lowest BCUT2D eigenvalue weighted by Gasteiger charge is -2.26. The number of fused-ring (bicyclic) bond motifs is 2. The predicted octanol–water partition coefficient (Wildman–Crippen LogP) is 7.97. The quantitative estimate of drug-likeness (QED) is 0.108. The van der Waals surface area contributed by atoms with Crippen LogP contribution in [0.3, 0.4) is 0 Å². The fraction of sp³-hybridized carbons (Fsp3) is 0.286. The highest BCUT2D eigenvalue weighted by molar-refractivity contribution is 6.30. The van der Waals surface area contributed by atoms with Crippen molar-refractivity contribution in [1.82, 2.24) is 30.6 Å². The van der Waals surface area contributed by atoms with Crippen molar-refractivity contribution < 1.29 is 37.7 Å². The summed E-state index contributed by atoms with van der Waals surface area (Å²) >= 11 is 5.96. The molecular weight excluding hydrogens is 761 g/mol. The molecule has 2 unspecified atom stereocenters. The Morgan fingerprint density at radius 3 is 1.46 bits per heavy atom. The molecule has 0 bridgehead atoms. The average molecular weight is 803 g/mol. The van der Waals surface area contributed by atoms with Crippen molar-refractivity contribution in [2.75, 3.05) is 6.61 Å². The van der Waals surface area contributed by atoms with E-state index in [1.54, 1.807) is 109 Å². The molecule has 0 saturated heterocycles. The number of nitrogens with one attached hydrogen (secondary N) is 2. The first-order valence-corrected chi connectivity index (χ1v) is 18.2. The van der Waals surface area contributed by atoms with Crippen LogP contribution in [0.2, 0.25) is 5.02 Å². The van der Waals surface area contributed by atoms with E-state index in [0.29, 0.717) is 32.6 Å². The zero-order chi connectivity index (χ0) is 41.7. The van der Waals surface area contributed by atoms with Crippen molar-refractivity contribution in [1.29, 1.82) is 0 Å². The Labute approximate surface area is 332 Å². The van der Waals surface area contributed by atoms with Crippen LogP contribution in [0.4, 0.5) is 13.2 Å². The van der Waals surface area contributed by atoms with Gasteiger partial charge in [-0.2, -0.15) is 13.2 Å². The minimum Gasteiger partial charge on any atom is -0.484 e. The molecule has 2 aromatic carbocycles. The summed E-state index contributed by atoms with van der Waals surface area (Å²) in [7, 11) is 0. The molecule has 11 nitrogen and oxygen atoms in total. The number of benzene rings is 2. The van der Waals surface area contributed by atoms with Crippen LogP contribution in [0.25, 0.3) is 44.1 Å². The fourth-order valence-electron chi connectivity index (χ4n) is 5.18. The largest absolute Gasteiger partial charge is 0.484 e. The van der Waals surface area contributed by atoms with Gasteiger partial charge in [0, 0.05) is 51.7 Å². The summed E-state index contributed by atoms with van der Waals surface area (Å²) in [6, 6.07) is 19.3. The number of carbonyl (C=O) groups excluding carboxylic acids is 2. The van der Waals surface area contributed by atoms with Gasteiger partial charge in [0.05, 0.1) is 34.3 Å². The number of nitrogens with zero attached hydrogens (tertiary/aromatic N) is 4. The number of aromatic nitrogens is 4. The lowest BCUT2D eigenvalue weighted by Crippen LogP contribution is -2.47. The van der Waals surface area contributed by atoms with E-state index in [9.17, 15) is 33.0 Å². The van der Waals surface area contributed by atoms with Gasteiger partial charge in [0.2, 0.25) is 0 Å². The van der Waals surface area contributed by atoms with Crippen LogP contribution in [0, 0.1) is 0 Å². The molecule has 298 valence electrons. The molecule has 4 heterocycles. The van der Waals surface area contributed by atoms with Crippen molar-refractivity contribution in [3.63, 3.8) is 0 Å². The van der Waals surface area contributed by atoms with E-state index >= 15 is 0 Å². The Morgan fingerprint density at radius 2 is 1.07 bits per heavy atom. The Bertz CT molecular complexity index is 2360. The van der Waals surface area contributed by atoms with Crippen LogP contribution >= 0.6 is 11.6 Å². The number of carbonyl (C=O) groups is 2. The first-order chi connectivity index (χ1) is 26.7. The third-order valence-electron chi connectivity index (χ3n) is 9.20. The van der Waals surface area contributed by atoms with Crippen molar-refractivity contribution >= 4 is 45.2 Å². The Balaban J connectivity index is 0.000000221. The smallest absolute Gasteiger partial charge is 0.422 e. The number of rotatable bonds is 10. The van der Waals surface area contributed by atoms with E-state index in [1.165, 1.54) is 12.1 Å². The zero-order valence-electron chi connectivity index (χ0n) is 32.0. The maximum atomic E-state index is 12.6. The standard InChI is InChI=1S/C22H22F3N3O3.C20H20ClN3O2/c1-13(21(2,3)30)27-20(29)18-9-6-15-10-26-11-17(19(15)28-18)14-4-7-16(8-5-14)31-12-22(23,24)25;1-12(20(2,3)26)23-19(25)17-9-6-14-10-22-11-16(18(14)24-17)13-4-7-15(21)8-5-13/h4-11,13,30H,12H2,1-3H3,(H,27,29);4-12,26H,1-3H3,(H,23,25). The summed E-state index contributed by atoms with van der Waals surface area (Å²) in [5, 5.41) is 27.7. The second-order valence-corrected chi connectivity index (χ2v) is 15.0. The molecule has 4 N–H and O–H groups in total. The number of alkyl halides is 3. The third kappa shape index (κ3) is 11.2. The highest BCUT2D eigenvalue weighted by Crippen LogP contribution is 2.30. The monoisotopic (exact) mass is 802 g/mol. The summed E-state index contributed by atoms with van der Waals surface area (Å²) in [5.41, 5.74) is 2.55. The van der Waals surface area contributed by atoms with Gasteiger partial charge in [-0.05, 0) is 101 Å². The molecule has 15 heteroatoms. The number of ether oxygens (including phenoxy) is 1. The molecule has 0 fully saturated rings. The van der Waals surface area contributed by atoms with Crippen molar-refractivity contribution in [2.45, 2.75) is 71.0 Å². The number of aliphatic hydroxyl groups is 2. The van der Waals surface area contributed by atoms with Crippen LogP contribution in [-0.2, 0) is 0 Å². The van der Waals surface area contributed by atoms with Gasteiger partial charge >= 0.3 is 6.18 Å². The maximum Gasteiger partial charge on any atom is 0.422 e. The molecule has 6 aromatic rings. The van der Waals surface area contributed by atoms with Gasteiger partial charge in [-0.25, -0.2) is 9.97 Å². The average Bonchev–Trinajstić information content (AvgIpc) is 3.16. The summed E-state index contributed by atoms with van der Waals surface area (Å²) in [5.74, 6) is -0.682. The minimum absolute atomic E-state index is 0.0860. The predicted molar refractivity (Wildman–Crippen MR) is 213 cm³/mol. The Hall–Kier alpha value is -5.70. The van der Waals surface area contributed by atoms with Gasteiger partial charge in [-0.3, -0.25) is 19.6 Å². The highest BCUT2D eigenvalue weighted by atomic mass is 35.5. The Morgan fingerprint density at radius 1 is 0.667 bits per heavy atom. The third-order valence-corrected chi connectivity index (χ3v) is 9.45. The SMILES string of the molecule is CC(NC(=O)c1ccc2cncc(-c3ccc(Cl)cc3)c2n1)C(C)(C)O.CC(NC(=O)c1ccc2cncc(-c3ccc(OCC(F)(F)F)cc3)c2n1)C(C)(C)O. The van der Waals surface area contributed by atoms with Crippen molar-refractivity contribution in [3.8, 4) is 28.0 Å². The topological polar surface area (TPSA) is 159 Å². The van der Waals surface area contributed by atoms with Gasteiger partial charge in [-0.15, -0.1) is 0 Å². The maximum absolute atomic E-state index is 12.6. The van der Waals surface area contributed by atoms with Crippen LogP contribution in [0.5, 0.6) is 5.75 Å². The lowest BCUT2D eigenvalue weighted by molar-refractivity contribution is -0.153. The van der Waals surface area contributed by atoms with Crippen LogP contribution in [0.1, 0.15) is 62.5 Å². The second-order valence-electron chi connectivity index (χ2n) is 14.5. The molecule has 0 aliphatic heterocycles.